The van der Waals surface area contributed by atoms with Gasteiger partial charge in [0, 0.05) is 29.4 Å². The first-order valence-corrected chi connectivity index (χ1v) is 10.5. The third-order valence-corrected chi connectivity index (χ3v) is 6.84. The fourth-order valence-corrected chi connectivity index (χ4v) is 4.65. The molecule has 1 saturated heterocycles. The van der Waals surface area contributed by atoms with Crippen molar-refractivity contribution in [3.05, 3.63) is 64.0 Å². The van der Waals surface area contributed by atoms with Gasteiger partial charge in [-0.15, -0.1) is 0 Å². The number of carbonyl (C=O) groups is 1. The minimum Gasteiger partial charge on any atom is -0.346 e. The molecule has 154 valence electrons. The van der Waals surface area contributed by atoms with Gasteiger partial charge in [-0.25, -0.2) is 4.39 Å². The zero-order valence-electron chi connectivity index (χ0n) is 16.6. The van der Waals surface area contributed by atoms with Crippen LogP contribution in [0.5, 0.6) is 0 Å². The zero-order valence-corrected chi connectivity index (χ0v) is 17.4. The quantitative estimate of drug-likeness (QED) is 0.415. The highest BCUT2D eigenvalue weighted by molar-refractivity contribution is 7.99. The Morgan fingerprint density at radius 3 is 2.69 bits per heavy atom. The molecule has 0 aromatic heterocycles. The molecule has 6 nitrogen and oxygen atoms in total. The smallest absolute Gasteiger partial charge is 0.284 e. The molecule has 2 aromatic rings. The number of hydrogen-bond donors (Lipinski definition) is 1. The molecule has 0 saturated carbocycles. The predicted octanol–water partition coefficient (Wildman–Crippen LogP) is 4.24. The third-order valence-electron chi connectivity index (χ3n) is 5.77. The summed E-state index contributed by atoms with van der Waals surface area (Å²) >= 11 is 1.17. The van der Waals surface area contributed by atoms with E-state index in [9.17, 15) is 19.3 Å². The number of amides is 1. The number of nitro groups is 1. The number of nitrogens with one attached hydrogen (secondary N) is 1. The molecule has 1 fully saturated rings. The molecule has 1 aliphatic heterocycles. The molecule has 2 unspecified atom stereocenters. The van der Waals surface area contributed by atoms with Gasteiger partial charge in [0.25, 0.3) is 11.6 Å². The van der Waals surface area contributed by atoms with Gasteiger partial charge in [-0.05, 0) is 43.3 Å². The summed E-state index contributed by atoms with van der Waals surface area (Å²) in [6, 6.07) is 10.6. The topological polar surface area (TPSA) is 72.2 Å². The molecule has 1 aliphatic rings. The van der Waals surface area contributed by atoms with Crippen LogP contribution in [0.15, 0.2) is 52.3 Å². The minimum absolute atomic E-state index is 0.137. The third kappa shape index (κ3) is 4.94. The Balaban J connectivity index is 1.72. The van der Waals surface area contributed by atoms with Gasteiger partial charge in [0.2, 0.25) is 0 Å². The Morgan fingerprint density at radius 2 is 2.03 bits per heavy atom. The lowest BCUT2D eigenvalue weighted by Gasteiger charge is -2.35. The Morgan fingerprint density at radius 1 is 1.31 bits per heavy atom. The van der Waals surface area contributed by atoms with Crippen LogP contribution in [-0.2, 0) is 0 Å². The Hall–Kier alpha value is -2.45. The highest BCUT2D eigenvalue weighted by atomic mass is 32.2. The van der Waals surface area contributed by atoms with Crippen molar-refractivity contribution in [3.8, 4) is 0 Å². The number of likely N-dealkylation sites (N-methyl/N-ethyl adjacent to an activating group) is 1. The van der Waals surface area contributed by atoms with E-state index >= 15 is 0 Å². The normalized spacial score (nSPS) is 21.1. The number of benzene rings is 2. The summed E-state index contributed by atoms with van der Waals surface area (Å²) in [6.45, 7) is 4.84. The number of nitro benzene ring substituents is 1. The summed E-state index contributed by atoms with van der Waals surface area (Å²) in [6.07, 6.45) is 2.21. The van der Waals surface area contributed by atoms with E-state index in [1.165, 1.54) is 30.0 Å². The summed E-state index contributed by atoms with van der Waals surface area (Å²) in [5, 5.41) is 14.5. The van der Waals surface area contributed by atoms with Gasteiger partial charge < -0.3 is 9.80 Å². The molecule has 0 aliphatic carbocycles. The lowest BCUT2D eigenvalue weighted by molar-refractivity contribution is -0.918. The van der Waals surface area contributed by atoms with E-state index in [0.29, 0.717) is 22.4 Å². The van der Waals surface area contributed by atoms with Gasteiger partial charge in [-0.3, -0.25) is 14.9 Å². The second-order valence-electron chi connectivity index (χ2n) is 7.52. The van der Waals surface area contributed by atoms with E-state index in [1.54, 1.807) is 24.3 Å². The largest absolute Gasteiger partial charge is 0.346 e. The van der Waals surface area contributed by atoms with Gasteiger partial charge in [0.1, 0.15) is 11.9 Å². The molecule has 0 bridgehead atoms. The molecular formula is C21H25FN3O3S+. The summed E-state index contributed by atoms with van der Waals surface area (Å²) in [5.41, 5.74) is 0.130. The molecule has 1 heterocycles. The molecule has 1 N–H and O–H groups in total. The first-order valence-electron chi connectivity index (χ1n) is 9.66. The van der Waals surface area contributed by atoms with E-state index in [0.717, 1.165) is 30.4 Å². The molecule has 3 rings (SSSR count). The van der Waals surface area contributed by atoms with Crippen molar-refractivity contribution in [2.45, 2.75) is 35.6 Å². The van der Waals surface area contributed by atoms with Crippen molar-refractivity contribution < 1.29 is 18.6 Å². The minimum atomic E-state index is -0.495. The van der Waals surface area contributed by atoms with E-state index in [1.807, 2.05) is 0 Å². The van der Waals surface area contributed by atoms with Gasteiger partial charge in [-0.2, -0.15) is 0 Å². The van der Waals surface area contributed by atoms with Crippen LogP contribution in [0.2, 0.25) is 0 Å². The zero-order chi connectivity index (χ0) is 21.0. The van der Waals surface area contributed by atoms with Crippen molar-refractivity contribution >= 4 is 23.4 Å². The molecule has 29 heavy (non-hydrogen) atoms. The van der Waals surface area contributed by atoms with Crippen LogP contribution < -0.4 is 5.32 Å². The summed E-state index contributed by atoms with van der Waals surface area (Å²) in [4.78, 5) is 24.7. The van der Waals surface area contributed by atoms with Crippen molar-refractivity contribution in [2.24, 2.45) is 0 Å². The second kappa shape index (κ2) is 8.92. The van der Waals surface area contributed by atoms with Crippen molar-refractivity contribution in [1.29, 1.82) is 0 Å². The fourth-order valence-electron chi connectivity index (χ4n) is 3.75. The highest BCUT2D eigenvalue weighted by Crippen LogP contribution is 2.35. The van der Waals surface area contributed by atoms with Gasteiger partial charge in [0.15, 0.2) is 0 Å². The SMILES string of the molecule is CC[N+]1(C)CCCC1CNC(=O)c1ccc(Sc2ccc(F)cc2)c([N+](=O)[O-])c1. The monoisotopic (exact) mass is 418 g/mol. The number of nitrogens with zero attached hydrogens (tertiary/aromatic N) is 2. The molecule has 8 heteroatoms. The van der Waals surface area contributed by atoms with Crippen molar-refractivity contribution in [2.75, 3.05) is 26.7 Å². The number of rotatable bonds is 7. The molecule has 0 radical (unpaired) electrons. The molecule has 2 aromatic carbocycles. The summed E-state index contributed by atoms with van der Waals surface area (Å²) < 4.78 is 14.0. The maximum atomic E-state index is 13.1. The first kappa shape index (κ1) is 21.3. The highest BCUT2D eigenvalue weighted by Gasteiger charge is 2.36. The predicted molar refractivity (Wildman–Crippen MR) is 111 cm³/mol. The lowest BCUT2D eigenvalue weighted by atomic mass is 10.1. The molecule has 1 amide bonds. The molecule has 0 spiro atoms. The van der Waals surface area contributed by atoms with Gasteiger partial charge in [-0.1, -0.05) is 11.8 Å². The van der Waals surface area contributed by atoms with Crippen LogP contribution in [0, 0.1) is 15.9 Å². The Labute approximate surface area is 173 Å². The van der Waals surface area contributed by atoms with Crippen molar-refractivity contribution in [3.63, 3.8) is 0 Å². The number of likely N-dealkylation sites (tertiary alicyclic amines) is 1. The molecule has 2 atom stereocenters. The summed E-state index contributed by atoms with van der Waals surface area (Å²) in [7, 11) is 2.20. The second-order valence-corrected chi connectivity index (χ2v) is 8.64. The standard InChI is InChI=1S/C21H24FN3O3S/c1-3-25(2)12-4-5-17(25)14-23-21(26)15-6-11-20(19(13-15)24(27)28)29-18-9-7-16(22)8-10-18/h6-11,13,17H,3-5,12,14H2,1-2H3/p+1. The number of halogens is 1. The van der Waals surface area contributed by atoms with Crippen LogP contribution in [0.3, 0.4) is 0 Å². The average molecular weight is 419 g/mol. The van der Waals surface area contributed by atoms with E-state index < -0.39 is 4.92 Å². The average Bonchev–Trinajstić information content (AvgIpc) is 3.09. The van der Waals surface area contributed by atoms with Crippen LogP contribution in [0.25, 0.3) is 0 Å². The lowest BCUT2D eigenvalue weighted by Crippen LogP contribution is -2.52. The van der Waals surface area contributed by atoms with Crippen LogP contribution in [0.4, 0.5) is 10.1 Å². The van der Waals surface area contributed by atoms with E-state index in [-0.39, 0.29) is 23.0 Å². The Kier molecular flexibility index (Phi) is 6.54. The van der Waals surface area contributed by atoms with Gasteiger partial charge >= 0.3 is 0 Å². The maximum absolute atomic E-state index is 13.1. The summed E-state index contributed by atoms with van der Waals surface area (Å²) in [5.74, 6) is -0.670. The first-order chi connectivity index (χ1) is 13.8. The number of carbonyl (C=O) groups excluding carboxylic acids is 1. The number of hydrogen-bond acceptors (Lipinski definition) is 4. The van der Waals surface area contributed by atoms with Crippen LogP contribution in [-0.4, -0.2) is 48.0 Å². The molecular weight excluding hydrogens is 393 g/mol. The number of quaternary nitrogens is 1. The van der Waals surface area contributed by atoms with E-state index in [2.05, 4.69) is 19.3 Å². The van der Waals surface area contributed by atoms with Crippen LogP contribution in [0.1, 0.15) is 30.1 Å². The Bertz CT molecular complexity index is 907. The van der Waals surface area contributed by atoms with Crippen molar-refractivity contribution in [1.82, 2.24) is 5.32 Å². The maximum Gasteiger partial charge on any atom is 0.284 e. The van der Waals surface area contributed by atoms with Gasteiger partial charge in [0.05, 0.1) is 36.5 Å². The van der Waals surface area contributed by atoms with E-state index in [4.69, 9.17) is 0 Å². The van der Waals surface area contributed by atoms with Crippen LogP contribution >= 0.6 is 11.8 Å². The fraction of sp³-hybridized carbons (Fsp3) is 0.381.